The van der Waals surface area contributed by atoms with Gasteiger partial charge in [0.2, 0.25) is 10.0 Å². The lowest BCUT2D eigenvalue weighted by atomic mass is 10.1. The van der Waals surface area contributed by atoms with Crippen LogP contribution in [0.25, 0.3) is 22.3 Å². The predicted molar refractivity (Wildman–Crippen MR) is 134 cm³/mol. The van der Waals surface area contributed by atoms with E-state index in [2.05, 4.69) is 20.8 Å². The molecular weight excluding hydrogens is 532 g/mol. The van der Waals surface area contributed by atoms with E-state index in [-0.39, 0.29) is 11.5 Å². The van der Waals surface area contributed by atoms with E-state index in [0.29, 0.717) is 52.8 Å². The van der Waals surface area contributed by atoms with Crippen molar-refractivity contribution >= 4 is 48.5 Å². The Labute approximate surface area is 206 Å². The Kier molecular flexibility index (Phi) is 7.16. The van der Waals surface area contributed by atoms with Gasteiger partial charge in [-0.1, -0.05) is 33.6 Å². The van der Waals surface area contributed by atoms with Crippen LogP contribution in [-0.2, 0) is 10.0 Å². The average molecular weight is 556 g/mol. The number of para-hydroxylation sites is 1. The Bertz CT molecular complexity index is 1340. The number of fused-ring (bicyclic) bond motifs is 1. The van der Waals surface area contributed by atoms with Gasteiger partial charge in [0.1, 0.15) is 18.1 Å². The molecule has 7 nitrogen and oxygen atoms in total. The van der Waals surface area contributed by atoms with Gasteiger partial charge in [-0.2, -0.15) is 0 Å². The van der Waals surface area contributed by atoms with Gasteiger partial charge in [-0.3, -0.25) is 9.69 Å². The summed E-state index contributed by atoms with van der Waals surface area (Å²) in [6.07, 6.45) is 2.01. The van der Waals surface area contributed by atoms with Crippen LogP contribution in [0.2, 0.25) is 5.02 Å². The van der Waals surface area contributed by atoms with E-state index in [1.807, 2.05) is 18.2 Å². The summed E-state index contributed by atoms with van der Waals surface area (Å²) >= 11 is 9.72. The second kappa shape index (κ2) is 9.76. The summed E-state index contributed by atoms with van der Waals surface area (Å²) in [5, 5.41) is 0.794. The van der Waals surface area contributed by atoms with E-state index < -0.39 is 10.0 Å². The number of benzene rings is 2. The minimum atomic E-state index is -3.21. The first kappa shape index (κ1) is 24.2. The van der Waals surface area contributed by atoms with Crippen molar-refractivity contribution in [2.45, 2.75) is 12.5 Å². The summed E-state index contributed by atoms with van der Waals surface area (Å²) in [4.78, 5) is 14.8. The number of rotatable bonds is 7. The summed E-state index contributed by atoms with van der Waals surface area (Å²) in [5.41, 5.74) is 0.808. The van der Waals surface area contributed by atoms with Crippen LogP contribution >= 0.6 is 27.5 Å². The molecule has 33 heavy (non-hydrogen) atoms. The zero-order chi connectivity index (χ0) is 23.8. The second-order valence-corrected chi connectivity index (χ2v) is 11.5. The number of likely N-dealkylation sites (N-methyl/N-ethyl adjacent to an activating group) is 1. The number of halogens is 2. The molecule has 0 bridgehead atoms. The molecule has 0 spiro atoms. The Hall–Kier alpha value is -1.91. The summed E-state index contributed by atoms with van der Waals surface area (Å²) in [5.74, 6) is 0.946. The van der Waals surface area contributed by atoms with Crippen LogP contribution in [-0.4, -0.2) is 63.2 Å². The molecule has 1 aliphatic rings. The summed E-state index contributed by atoms with van der Waals surface area (Å²) in [7, 11) is -1.59. The molecule has 1 atom stereocenters. The zero-order valence-corrected chi connectivity index (χ0v) is 21.4. The maximum Gasteiger partial charge on any atom is 0.211 e. The maximum absolute atomic E-state index is 12.6. The molecule has 2 heterocycles. The van der Waals surface area contributed by atoms with Crippen molar-refractivity contribution in [3.05, 3.63) is 62.2 Å². The zero-order valence-electron chi connectivity index (χ0n) is 18.3. The van der Waals surface area contributed by atoms with E-state index in [1.54, 1.807) is 25.2 Å². The smallest absolute Gasteiger partial charge is 0.211 e. The highest BCUT2D eigenvalue weighted by atomic mass is 79.9. The molecule has 0 radical (unpaired) electrons. The molecule has 176 valence electrons. The van der Waals surface area contributed by atoms with Gasteiger partial charge in [-0.25, -0.2) is 12.7 Å². The lowest BCUT2D eigenvalue weighted by Crippen LogP contribution is -2.38. The first-order valence-corrected chi connectivity index (χ1v) is 13.5. The first-order chi connectivity index (χ1) is 15.6. The molecule has 1 aliphatic heterocycles. The molecule has 1 fully saturated rings. The highest BCUT2D eigenvalue weighted by Gasteiger charge is 2.29. The third kappa shape index (κ3) is 5.44. The Morgan fingerprint density at radius 1 is 1.27 bits per heavy atom. The van der Waals surface area contributed by atoms with Crippen LogP contribution in [0.4, 0.5) is 0 Å². The van der Waals surface area contributed by atoms with Crippen molar-refractivity contribution in [2.24, 2.45) is 0 Å². The molecule has 0 aliphatic carbocycles. The van der Waals surface area contributed by atoms with E-state index >= 15 is 0 Å². The molecule has 2 aromatic carbocycles. The molecule has 4 rings (SSSR count). The predicted octanol–water partition coefficient (Wildman–Crippen LogP) is 4.22. The molecule has 0 amide bonds. The van der Waals surface area contributed by atoms with Crippen molar-refractivity contribution in [1.29, 1.82) is 0 Å². The first-order valence-electron chi connectivity index (χ1n) is 10.4. The highest BCUT2D eigenvalue weighted by Crippen LogP contribution is 2.34. The maximum atomic E-state index is 12.6. The van der Waals surface area contributed by atoms with Crippen LogP contribution in [0.1, 0.15) is 6.42 Å². The van der Waals surface area contributed by atoms with Crippen molar-refractivity contribution in [2.75, 3.05) is 39.5 Å². The number of hydrogen-bond acceptors (Lipinski definition) is 6. The molecular formula is C23H24BrClN2O5S. The molecule has 10 heteroatoms. The van der Waals surface area contributed by atoms with Crippen molar-refractivity contribution in [3.63, 3.8) is 0 Å². The third-order valence-corrected chi connectivity index (χ3v) is 8.00. The summed E-state index contributed by atoms with van der Waals surface area (Å²) < 4.78 is 37.9. The number of likely N-dealkylation sites (tertiary alicyclic amines) is 1. The molecule has 1 aromatic heterocycles. The summed E-state index contributed by atoms with van der Waals surface area (Å²) in [6, 6.07) is 12.0. The van der Waals surface area contributed by atoms with Crippen LogP contribution in [0.3, 0.4) is 0 Å². The number of sulfonamides is 1. The minimum absolute atomic E-state index is 0.0296. The SMILES string of the molecule is CN(C1CCN(CCOc2cc(Br)ccc2-c2cc(=O)c3cccc(Cl)c3o2)C1)S(C)(=O)=O. The van der Waals surface area contributed by atoms with Crippen molar-refractivity contribution < 1.29 is 17.6 Å². The number of hydrogen-bond donors (Lipinski definition) is 0. The lowest BCUT2D eigenvalue weighted by molar-refractivity contribution is 0.230. The van der Waals surface area contributed by atoms with Crippen molar-refractivity contribution in [1.82, 2.24) is 9.21 Å². The van der Waals surface area contributed by atoms with Crippen LogP contribution < -0.4 is 10.2 Å². The van der Waals surface area contributed by atoms with Gasteiger partial charge >= 0.3 is 0 Å². The summed E-state index contributed by atoms with van der Waals surface area (Å²) in [6.45, 7) is 2.51. The van der Waals surface area contributed by atoms with Gasteiger partial charge in [0, 0.05) is 36.7 Å². The fraction of sp³-hybridized carbons (Fsp3) is 0.348. The van der Waals surface area contributed by atoms with Gasteiger partial charge in [-0.05, 0) is 43.3 Å². The van der Waals surface area contributed by atoms with Gasteiger partial charge in [-0.15, -0.1) is 0 Å². The Morgan fingerprint density at radius 3 is 2.82 bits per heavy atom. The van der Waals surface area contributed by atoms with Crippen LogP contribution in [0.15, 0.2) is 56.1 Å². The van der Waals surface area contributed by atoms with E-state index in [1.165, 1.54) is 16.6 Å². The molecule has 0 saturated carbocycles. The monoisotopic (exact) mass is 554 g/mol. The van der Waals surface area contributed by atoms with Crippen LogP contribution in [0, 0.1) is 0 Å². The number of nitrogens with zero attached hydrogens (tertiary/aromatic N) is 2. The molecule has 0 N–H and O–H groups in total. The minimum Gasteiger partial charge on any atom is -0.491 e. The highest BCUT2D eigenvalue weighted by molar-refractivity contribution is 9.10. The largest absolute Gasteiger partial charge is 0.491 e. The van der Waals surface area contributed by atoms with E-state index in [4.69, 9.17) is 20.8 Å². The van der Waals surface area contributed by atoms with Gasteiger partial charge in [0.25, 0.3) is 0 Å². The normalized spacial score (nSPS) is 17.2. The topological polar surface area (TPSA) is 80.1 Å². The fourth-order valence-corrected chi connectivity index (χ4v) is 5.23. The second-order valence-electron chi connectivity index (χ2n) is 8.10. The fourth-order valence-electron chi connectivity index (χ4n) is 3.96. The molecule has 1 saturated heterocycles. The van der Waals surface area contributed by atoms with Gasteiger partial charge < -0.3 is 9.15 Å². The lowest BCUT2D eigenvalue weighted by Gasteiger charge is -2.22. The molecule has 3 aromatic rings. The average Bonchev–Trinajstić information content (AvgIpc) is 3.22. The Balaban J connectivity index is 1.51. The van der Waals surface area contributed by atoms with Crippen LogP contribution in [0.5, 0.6) is 5.75 Å². The van der Waals surface area contributed by atoms with Gasteiger partial charge in [0.05, 0.1) is 22.2 Å². The Morgan fingerprint density at radius 2 is 2.06 bits per heavy atom. The third-order valence-electron chi connectivity index (χ3n) is 5.87. The van der Waals surface area contributed by atoms with E-state index in [9.17, 15) is 13.2 Å². The standard InChI is InChI=1S/C23H24BrClN2O5S/c1-26(33(2,29)30)16-8-9-27(14-16)10-11-31-21-12-15(24)6-7-18(21)22-13-20(28)17-4-3-5-19(25)23(17)32-22/h3-7,12-13,16H,8-11,14H2,1-2H3. The van der Waals surface area contributed by atoms with E-state index in [0.717, 1.165) is 17.4 Å². The van der Waals surface area contributed by atoms with Crippen molar-refractivity contribution in [3.8, 4) is 17.1 Å². The van der Waals surface area contributed by atoms with Gasteiger partial charge in [0.15, 0.2) is 11.0 Å². The quantitative estimate of drug-likeness (QED) is 0.434. The number of ether oxygens (including phenoxy) is 1. The molecule has 1 unspecified atom stereocenters.